The third kappa shape index (κ3) is 4.51. The molecule has 1 N–H and O–H groups in total. The Bertz CT molecular complexity index is 813. The Morgan fingerprint density at radius 2 is 2.11 bits per heavy atom. The smallest absolute Gasteiger partial charge is 0.270 e. The number of hydrogen-bond donors (Lipinski definition) is 1. The molecule has 1 aliphatic rings. The van der Waals surface area contributed by atoms with Crippen molar-refractivity contribution in [1.82, 2.24) is 14.8 Å². The molecule has 0 spiro atoms. The first-order chi connectivity index (χ1) is 13.0. The van der Waals surface area contributed by atoms with Gasteiger partial charge in [0.25, 0.3) is 5.91 Å². The second-order valence-electron chi connectivity index (χ2n) is 7.38. The van der Waals surface area contributed by atoms with Gasteiger partial charge in [-0.1, -0.05) is 26.0 Å². The Labute approximate surface area is 160 Å². The molecule has 1 aromatic carbocycles. The molecule has 6 nitrogen and oxygen atoms in total. The zero-order valence-corrected chi connectivity index (χ0v) is 16.1. The molecule has 0 saturated heterocycles. The Balaban J connectivity index is 1.64. The van der Waals surface area contributed by atoms with Gasteiger partial charge in [0.2, 0.25) is 5.91 Å². The van der Waals surface area contributed by atoms with Gasteiger partial charge in [-0.05, 0) is 35.7 Å². The highest BCUT2D eigenvalue weighted by Crippen LogP contribution is 2.19. The van der Waals surface area contributed by atoms with Gasteiger partial charge in [-0.15, -0.1) is 0 Å². The summed E-state index contributed by atoms with van der Waals surface area (Å²) in [6, 6.07) is 11.2. The summed E-state index contributed by atoms with van der Waals surface area (Å²) in [6.45, 7) is 6.01. The number of rotatable bonds is 7. The van der Waals surface area contributed by atoms with E-state index in [4.69, 9.17) is 4.74 Å². The number of nitrogens with one attached hydrogen (secondary N) is 1. The van der Waals surface area contributed by atoms with Gasteiger partial charge in [0.1, 0.15) is 11.4 Å². The molecule has 0 aliphatic carbocycles. The third-order valence-corrected chi connectivity index (χ3v) is 4.75. The lowest BCUT2D eigenvalue weighted by molar-refractivity contribution is -0.120. The number of fused-ring (bicyclic) bond motifs is 1. The summed E-state index contributed by atoms with van der Waals surface area (Å²) >= 11 is 0. The van der Waals surface area contributed by atoms with E-state index in [1.165, 1.54) is 0 Å². The quantitative estimate of drug-likeness (QED) is 0.815. The highest BCUT2D eigenvalue weighted by atomic mass is 16.5. The molecule has 144 valence electrons. The number of benzene rings is 1. The van der Waals surface area contributed by atoms with Crippen LogP contribution in [-0.2, 0) is 17.8 Å². The van der Waals surface area contributed by atoms with Gasteiger partial charge in [0, 0.05) is 25.8 Å². The van der Waals surface area contributed by atoms with E-state index in [0.29, 0.717) is 25.6 Å². The predicted octanol–water partition coefficient (Wildman–Crippen LogP) is 2.34. The predicted molar refractivity (Wildman–Crippen MR) is 104 cm³/mol. The van der Waals surface area contributed by atoms with Gasteiger partial charge in [-0.25, -0.2) is 0 Å². The van der Waals surface area contributed by atoms with Crippen LogP contribution in [0, 0.1) is 5.92 Å². The van der Waals surface area contributed by atoms with Crippen LogP contribution in [0.5, 0.6) is 5.75 Å². The Hall–Kier alpha value is -2.76. The largest absolute Gasteiger partial charge is 0.497 e. The van der Waals surface area contributed by atoms with Crippen LogP contribution in [0.25, 0.3) is 0 Å². The molecule has 2 aromatic rings. The van der Waals surface area contributed by atoms with Crippen LogP contribution in [0.3, 0.4) is 0 Å². The van der Waals surface area contributed by atoms with Gasteiger partial charge >= 0.3 is 0 Å². The second-order valence-corrected chi connectivity index (χ2v) is 7.38. The number of hydrogen-bond acceptors (Lipinski definition) is 3. The Kier molecular flexibility index (Phi) is 5.84. The fourth-order valence-electron chi connectivity index (χ4n) is 3.47. The van der Waals surface area contributed by atoms with Gasteiger partial charge in [0.15, 0.2) is 0 Å². The molecule has 0 bridgehead atoms. The summed E-state index contributed by atoms with van der Waals surface area (Å²) < 4.78 is 7.17. The summed E-state index contributed by atoms with van der Waals surface area (Å²) in [5.74, 6) is 1.08. The molecule has 1 atom stereocenters. The molecule has 2 heterocycles. The lowest BCUT2D eigenvalue weighted by Crippen LogP contribution is -2.53. The summed E-state index contributed by atoms with van der Waals surface area (Å²) in [5.41, 5.74) is 1.62. The molecule has 1 unspecified atom stereocenters. The summed E-state index contributed by atoms with van der Waals surface area (Å²) in [7, 11) is 1.61. The molecule has 1 aliphatic heterocycles. The molecule has 2 amide bonds. The van der Waals surface area contributed by atoms with Crippen molar-refractivity contribution in [3.05, 3.63) is 53.9 Å². The van der Waals surface area contributed by atoms with Crippen molar-refractivity contribution in [3.8, 4) is 5.75 Å². The van der Waals surface area contributed by atoms with E-state index in [2.05, 4.69) is 19.2 Å². The number of carbonyl (C=O) groups excluding carboxylic acids is 2. The van der Waals surface area contributed by atoms with Crippen molar-refractivity contribution in [1.29, 1.82) is 0 Å². The number of carbonyl (C=O) groups is 2. The number of amides is 2. The standard InChI is InChI=1S/C21H27N3O3/c1-15(2)13-24-17(14-23-9-5-8-19(23)21(24)26)12-22-20(25)11-16-6-4-7-18(10-16)27-3/h4-10,15,17H,11-14H2,1-3H3,(H,22,25). The molecule has 0 fully saturated rings. The van der Waals surface area contributed by atoms with Crippen molar-refractivity contribution >= 4 is 11.8 Å². The topological polar surface area (TPSA) is 63.6 Å². The summed E-state index contributed by atoms with van der Waals surface area (Å²) in [6.07, 6.45) is 2.21. The maximum Gasteiger partial charge on any atom is 0.270 e. The van der Waals surface area contributed by atoms with Crippen LogP contribution in [0.15, 0.2) is 42.6 Å². The van der Waals surface area contributed by atoms with Gasteiger partial charge in [-0.3, -0.25) is 9.59 Å². The second kappa shape index (κ2) is 8.29. The monoisotopic (exact) mass is 369 g/mol. The minimum absolute atomic E-state index is 0.0343. The van der Waals surface area contributed by atoms with E-state index in [-0.39, 0.29) is 24.3 Å². The van der Waals surface area contributed by atoms with Gasteiger partial charge in [0.05, 0.1) is 19.6 Å². The SMILES string of the molecule is COc1cccc(CC(=O)NCC2Cn3cccc3C(=O)N2CC(C)C)c1. The average molecular weight is 369 g/mol. The van der Waals surface area contributed by atoms with E-state index < -0.39 is 0 Å². The van der Waals surface area contributed by atoms with Crippen LogP contribution < -0.4 is 10.1 Å². The number of nitrogens with zero attached hydrogens (tertiary/aromatic N) is 2. The summed E-state index contributed by atoms with van der Waals surface area (Å²) in [4.78, 5) is 27.1. The molecule has 0 saturated carbocycles. The Morgan fingerprint density at radius 1 is 1.30 bits per heavy atom. The van der Waals surface area contributed by atoms with Crippen molar-refractivity contribution in [2.75, 3.05) is 20.2 Å². The van der Waals surface area contributed by atoms with Crippen molar-refractivity contribution in [3.63, 3.8) is 0 Å². The van der Waals surface area contributed by atoms with E-state index in [1.807, 2.05) is 52.1 Å². The van der Waals surface area contributed by atoms with Crippen molar-refractivity contribution in [2.45, 2.75) is 32.9 Å². The van der Waals surface area contributed by atoms with E-state index in [9.17, 15) is 9.59 Å². The zero-order valence-electron chi connectivity index (χ0n) is 16.1. The van der Waals surface area contributed by atoms with Gasteiger partial charge in [-0.2, -0.15) is 0 Å². The van der Waals surface area contributed by atoms with E-state index in [1.54, 1.807) is 7.11 Å². The minimum Gasteiger partial charge on any atom is -0.497 e. The first-order valence-corrected chi connectivity index (χ1v) is 9.33. The maximum absolute atomic E-state index is 12.8. The number of aromatic nitrogens is 1. The normalized spacial score (nSPS) is 16.4. The molecule has 0 radical (unpaired) electrons. The van der Waals surface area contributed by atoms with E-state index >= 15 is 0 Å². The van der Waals surface area contributed by atoms with Crippen molar-refractivity contribution in [2.24, 2.45) is 5.92 Å². The molecular weight excluding hydrogens is 342 g/mol. The first-order valence-electron chi connectivity index (χ1n) is 9.33. The highest BCUT2D eigenvalue weighted by molar-refractivity contribution is 5.93. The lowest BCUT2D eigenvalue weighted by Gasteiger charge is -2.37. The first kappa shape index (κ1) is 19.0. The molecule has 27 heavy (non-hydrogen) atoms. The van der Waals surface area contributed by atoms with Gasteiger partial charge < -0.3 is 19.5 Å². The van der Waals surface area contributed by atoms with Crippen LogP contribution in [0.1, 0.15) is 29.9 Å². The summed E-state index contributed by atoms with van der Waals surface area (Å²) in [5, 5.41) is 3.00. The number of methoxy groups -OCH3 is 1. The number of ether oxygens (including phenoxy) is 1. The van der Waals surface area contributed by atoms with Crippen LogP contribution in [0.4, 0.5) is 0 Å². The molecule has 3 rings (SSSR count). The molecule has 6 heteroatoms. The fourth-order valence-corrected chi connectivity index (χ4v) is 3.47. The van der Waals surface area contributed by atoms with E-state index in [0.717, 1.165) is 17.0 Å². The Morgan fingerprint density at radius 3 is 2.85 bits per heavy atom. The molecular formula is C21H27N3O3. The zero-order chi connectivity index (χ0) is 19.4. The third-order valence-electron chi connectivity index (χ3n) is 4.75. The highest BCUT2D eigenvalue weighted by Gasteiger charge is 2.32. The average Bonchev–Trinajstić information content (AvgIpc) is 3.11. The van der Waals surface area contributed by atoms with Crippen LogP contribution in [-0.4, -0.2) is 47.5 Å². The van der Waals surface area contributed by atoms with Crippen LogP contribution >= 0.6 is 0 Å². The minimum atomic E-state index is -0.0569. The van der Waals surface area contributed by atoms with Crippen molar-refractivity contribution < 1.29 is 14.3 Å². The maximum atomic E-state index is 12.8. The fraction of sp³-hybridized carbons (Fsp3) is 0.429. The molecule has 1 aromatic heterocycles. The van der Waals surface area contributed by atoms with Crippen LogP contribution in [0.2, 0.25) is 0 Å². The lowest BCUT2D eigenvalue weighted by atomic mass is 10.1.